The van der Waals surface area contributed by atoms with Crippen LogP contribution in [-0.4, -0.2) is 25.9 Å². The van der Waals surface area contributed by atoms with Crippen LogP contribution in [0.1, 0.15) is 23.9 Å². The summed E-state index contributed by atoms with van der Waals surface area (Å²) in [5, 5.41) is 11.4. The average molecular weight is 384 g/mol. The summed E-state index contributed by atoms with van der Waals surface area (Å²) in [5.41, 5.74) is 2.13. The van der Waals surface area contributed by atoms with Crippen LogP contribution in [0.4, 0.5) is 10.1 Å². The Hall–Kier alpha value is -2.67. The number of benzene rings is 2. The van der Waals surface area contributed by atoms with Crippen molar-refractivity contribution in [2.24, 2.45) is 7.05 Å². The van der Waals surface area contributed by atoms with E-state index in [2.05, 4.69) is 15.5 Å². The quantitative estimate of drug-likeness (QED) is 0.653. The van der Waals surface area contributed by atoms with Gasteiger partial charge in [-0.05, 0) is 37.1 Å². The van der Waals surface area contributed by atoms with Crippen LogP contribution in [0.15, 0.2) is 53.7 Å². The lowest BCUT2D eigenvalue weighted by molar-refractivity contribution is -0.115. The number of rotatable bonds is 6. The summed E-state index contributed by atoms with van der Waals surface area (Å²) >= 11 is 1.32. The number of halogens is 1. The summed E-state index contributed by atoms with van der Waals surface area (Å²) in [6.07, 6.45) is 0.675. The SMILES string of the molecule is Cc1ccc(NC(=O)C(C)Sc2nnc(Cc3ccccc3)n2C)cc1F. The molecule has 5 nitrogen and oxygen atoms in total. The smallest absolute Gasteiger partial charge is 0.237 e. The van der Waals surface area contributed by atoms with Crippen LogP contribution in [0.5, 0.6) is 0 Å². The van der Waals surface area contributed by atoms with E-state index in [1.54, 1.807) is 26.0 Å². The van der Waals surface area contributed by atoms with E-state index in [1.807, 2.05) is 41.9 Å². The van der Waals surface area contributed by atoms with Gasteiger partial charge in [-0.1, -0.05) is 48.2 Å². The maximum absolute atomic E-state index is 13.6. The zero-order chi connectivity index (χ0) is 19.4. The molecule has 0 saturated carbocycles. The third-order valence-electron chi connectivity index (χ3n) is 4.22. The highest BCUT2D eigenvalue weighted by Gasteiger charge is 2.19. The normalized spacial score (nSPS) is 12.0. The molecule has 0 bridgehead atoms. The third-order valence-corrected chi connectivity index (χ3v) is 5.35. The molecule has 3 aromatic rings. The molecule has 0 fully saturated rings. The average Bonchev–Trinajstić information content (AvgIpc) is 2.99. The Morgan fingerprint density at radius 1 is 1.22 bits per heavy atom. The van der Waals surface area contributed by atoms with Crippen LogP contribution >= 0.6 is 11.8 Å². The van der Waals surface area contributed by atoms with E-state index in [0.717, 1.165) is 11.4 Å². The zero-order valence-electron chi connectivity index (χ0n) is 15.4. The van der Waals surface area contributed by atoms with E-state index in [9.17, 15) is 9.18 Å². The molecule has 0 aliphatic heterocycles. The minimum atomic E-state index is -0.401. The van der Waals surface area contributed by atoms with Gasteiger partial charge in [-0.25, -0.2) is 4.39 Å². The molecule has 0 aliphatic carbocycles. The second-order valence-electron chi connectivity index (χ2n) is 6.33. The first kappa shape index (κ1) is 19.1. The van der Waals surface area contributed by atoms with E-state index in [1.165, 1.54) is 17.8 Å². The Kier molecular flexibility index (Phi) is 5.91. The predicted molar refractivity (Wildman–Crippen MR) is 105 cm³/mol. The molecule has 0 spiro atoms. The van der Waals surface area contributed by atoms with Crippen molar-refractivity contribution in [2.75, 3.05) is 5.32 Å². The van der Waals surface area contributed by atoms with Crippen LogP contribution in [0, 0.1) is 12.7 Å². The summed E-state index contributed by atoms with van der Waals surface area (Å²) in [7, 11) is 1.89. The zero-order valence-corrected chi connectivity index (χ0v) is 16.3. The molecule has 7 heteroatoms. The van der Waals surface area contributed by atoms with Crippen molar-refractivity contribution in [1.29, 1.82) is 0 Å². The van der Waals surface area contributed by atoms with E-state index in [0.29, 0.717) is 22.8 Å². The Morgan fingerprint density at radius 2 is 1.96 bits per heavy atom. The number of hydrogen-bond donors (Lipinski definition) is 1. The van der Waals surface area contributed by atoms with Gasteiger partial charge in [0.1, 0.15) is 11.6 Å². The van der Waals surface area contributed by atoms with Crippen LogP contribution in [-0.2, 0) is 18.3 Å². The summed E-state index contributed by atoms with van der Waals surface area (Å²) in [5.74, 6) is 0.278. The second-order valence-corrected chi connectivity index (χ2v) is 7.64. The Balaban J connectivity index is 1.64. The molecule has 1 amide bonds. The van der Waals surface area contributed by atoms with Gasteiger partial charge in [-0.3, -0.25) is 4.79 Å². The number of hydrogen-bond acceptors (Lipinski definition) is 4. The summed E-state index contributed by atoms with van der Waals surface area (Å²) < 4.78 is 15.5. The van der Waals surface area contributed by atoms with E-state index in [4.69, 9.17) is 0 Å². The minimum absolute atomic E-state index is 0.212. The van der Waals surface area contributed by atoms with Gasteiger partial charge >= 0.3 is 0 Å². The number of aryl methyl sites for hydroxylation is 1. The molecule has 0 aliphatic rings. The number of amides is 1. The number of thioether (sulfide) groups is 1. The van der Waals surface area contributed by atoms with Gasteiger partial charge in [0, 0.05) is 19.2 Å². The molecule has 0 saturated heterocycles. The largest absolute Gasteiger partial charge is 0.325 e. The molecule has 0 radical (unpaired) electrons. The van der Waals surface area contributed by atoms with Crippen molar-refractivity contribution in [3.8, 4) is 0 Å². The first-order valence-electron chi connectivity index (χ1n) is 8.60. The van der Waals surface area contributed by atoms with Crippen molar-refractivity contribution in [3.63, 3.8) is 0 Å². The van der Waals surface area contributed by atoms with Gasteiger partial charge in [0.2, 0.25) is 5.91 Å². The summed E-state index contributed by atoms with van der Waals surface area (Å²) in [6, 6.07) is 14.7. The Bertz CT molecular complexity index is 942. The van der Waals surface area contributed by atoms with Gasteiger partial charge < -0.3 is 9.88 Å². The molecule has 1 aromatic heterocycles. The molecule has 1 heterocycles. The van der Waals surface area contributed by atoms with Crippen molar-refractivity contribution in [1.82, 2.24) is 14.8 Å². The monoisotopic (exact) mass is 384 g/mol. The van der Waals surface area contributed by atoms with Gasteiger partial charge in [-0.15, -0.1) is 10.2 Å². The summed E-state index contributed by atoms with van der Waals surface area (Å²) in [4.78, 5) is 12.4. The number of carbonyl (C=O) groups is 1. The van der Waals surface area contributed by atoms with Crippen molar-refractivity contribution >= 4 is 23.4 Å². The minimum Gasteiger partial charge on any atom is -0.325 e. The lowest BCUT2D eigenvalue weighted by Crippen LogP contribution is -2.23. The molecule has 27 heavy (non-hydrogen) atoms. The molecule has 1 unspecified atom stereocenters. The number of nitrogens with zero attached hydrogens (tertiary/aromatic N) is 3. The molecule has 2 aromatic carbocycles. The topological polar surface area (TPSA) is 59.8 Å². The Morgan fingerprint density at radius 3 is 2.67 bits per heavy atom. The van der Waals surface area contributed by atoms with Crippen molar-refractivity contribution in [2.45, 2.75) is 30.7 Å². The van der Waals surface area contributed by atoms with E-state index >= 15 is 0 Å². The predicted octanol–water partition coefficient (Wildman–Crippen LogP) is 3.97. The highest BCUT2D eigenvalue weighted by molar-refractivity contribution is 8.00. The van der Waals surface area contributed by atoms with Crippen molar-refractivity contribution in [3.05, 3.63) is 71.3 Å². The fraction of sp³-hybridized carbons (Fsp3) is 0.250. The standard InChI is InChI=1S/C20H21FN4OS/c1-13-9-10-16(12-17(13)21)22-19(26)14(2)27-20-24-23-18(25(20)3)11-15-7-5-4-6-8-15/h4-10,12,14H,11H2,1-3H3,(H,22,26). The first-order valence-corrected chi connectivity index (χ1v) is 9.48. The van der Waals surface area contributed by atoms with Gasteiger partial charge in [0.25, 0.3) is 0 Å². The van der Waals surface area contributed by atoms with Crippen molar-refractivity contribution < 1.29 is 9.18 Å². The van der Waals surface area contributed by atoms with Gasteiger partial charge in [0.05, 0.1) is 5.25 Å². The van der Waals surface area contributed by atoms with Crippen LogP contribution < -0.4 is 5.32 Å². The second kappa shape index (κ2) is 8.35. The Labute approximate surface area is 162 Å². The number of nitrogens with one attached hydrogen (secondary N) is 1. The fourth-order valence-electron chi connectivity index (χ4n) is 2.51. The highest BCUT2D eigenvalue weighted by Crippen LogP contribution is 2.24. The fourth-order valence-corrected chi connectivity index (χ4v) is 3.34. The number of carbonyl (C=O) groups excluding carboxylic acids is 1. The molecular weight excluding hydrogens is 363 g/mol. The first-order chi connectivity index (χ1) is 12.9. The molecular formula is C20H21FN4OS. The third kappa shape index (κ3) is 4.74. The van der Waals surface area contributed by atoms with Crippen LogP contribution in [0.2, 0.25) is 0 Å². The molecule has 1 N–H and O–H groups in total. The van der Waals surface area contributed by atoms with Gasteiger partial charge in [-0.2, -0.15) is 0 Å². The van der Waals surface area contributed by atoms with Crippen LogP contribution in [0.3, 0.4) is 0 Å². The van der Waals surface area contributed by atoms with Gasteiger partial charge in [0.15, 0.2) is 5.16 Å². The maximum Gasteiger partial charge on any atom is 0.237 e. The molecule has 140 valence electrons. The number of anilines is 1. The lowest BCUT2D eigenvalue weighted by atomic mass is 10.1. The molecule has 1 atom stereocenters. The lowest BCUT2D eigenvalue weighted by Gasteiger charge is -2.12. The maximum atomic E-state index is 13.6. The highest BCUT2D eigenvalue weighted by atomic mass is 32.2. The number of aromatic nitrogens is 3. The van der Waals surface area contributed by atoms with E-state index < -0.39 is 5.25 Å². The van der Waals surface area contributed by atoms with E-state index in [-0.39, 0.29) is 11.7 Å². The molecule has 3 rings (SSSR count). The van der Waals surface area contributed by atoms with Crippen LogP contribution in [0.25, 0.3) is 0 Å². The summed E-state index contributed by atoms with van der Waals surface area (Å²) in [6.45, 7) is 3.47.